The van der Waals surface area contributed by atoms with Crippen LogP contribution in [0.4, 0.5) is 0 Å². The van der Waals surface area contributed by atoms with Gasteiger partial charge in [0.05, 0.1) is 10.6 Å². The zero-order valence-electron chi connectivity index (χ0n) is 19.9. The van der Waals surface area contributed by atoms with Gasteiger partial charge in [0.1, 0.15) is 11.3 Å². The molecule has 1 aliphatic heterocycles. The fourth-order valence-corrected chi connectivity index (χ4v) is 5.75. The lowest BCUT2D eigenvalue weighted by Crippen LogP contribution is -2.55. The Morgan fingerprint density at radius 3 is 2.83 bits per heavy atom. The number of piperidine rings is 1. The van der Waals surface area contributed by atoms with E-state index in [9.17, 15) is 14.7 Å². The Morgan fingerprint density at radius 2 is 2.03 bits per heavy atom. The van der Waals surface area contributed by atoms with Crippen molar-refractivity contribution in [3.63, 3.8) is 0 Å². The monoisotopic (exact) mass is 495 g/mol. The molecule has 6 nitrogen and oxygen atoms in total. The van der Waals surface area contributed by atoms with Crippen molar-refractivity contribution in [1.29, 1.82) is 0 Å². The maximum absolute atomic E-state index is 12.9. The highest BCUT2D eigenvalue weighted by molar-refractivity contribution is 6.32. The standard InChI is InChI=1S/C28H30ClNO5/c1-18-21-14-23(29)25(15-24(21)35-27(32)22(18)13-19-7-3-2-4-8-19)34-17-26(31)30-12-11-28(33)10-6-5-9-20(28)16-30/h2-4,7-8,14-15,20,33H,5-6,9-13,16-17H2,1H3/t20-,28+/m1/s1. The van der Waals surface area contributed by atoms with E-state index >= 15 is 0 Å². The zero-order chi connectivity index (χ0) is 24.6. The average Bonchev–Trinajstić information content (AvgIpc) is 2.86. The van der Waals surface area contributed by atoms with Gasteiger partial charge in [-0.2, -0.15) is 0 Å². The van der Waals surface area contributed by atoms with Gasteiger partial charge in [-0.25, -0.2) is 4.79 Å². The molecule has 0 unspecified atom stereocenters. The Balaban J connectivity index is 1.31. The first-order chi connectivity index (χ1) is 16.8. The number of hydrogen-bond donors (Lipinski definition) is 1. The van der Waals surface area contributed by atoms with Crippen LogP contribution in [0.5, 0.6) is 5.75 Å². The average molecular weight is 496 g/mol. The Morgan fingerprint density at radius 1 is 1.23 bits per heavy atom. The molecule has 1 amide bonds. The Bertz CT molecular complexity index is 1300. The summed E-state index contributed by atoms with van der Waals surface area (Å²) >= 11 is 6.50. The van der Waals surface area contributed by atoms with Crippen molar-refractivity contribution in [2.75, 3.05) is 19.7 Å². The Hall–Kier alpha value is -2.83. The molecule has 3 aromatic rings. The third kappa shape index (κ3) is 4.82. The molecule has 1 saturated heterocycles. The van der Waals surface area contributed by atoms with E-state index < -0.39 is 11.2 Å². The predicted molar refractivity (Wildman–Crippen MR) is 135 cm³/mol. The number of aryl methyl sites for hydroxylation is 1. The van der Waals surface area contributed by atoms with E-state index in [2.05, 4.69) is 0 Å². The van der Waals surface area contributed by atoms with Crippen LogP contribution in [0.3, 0.4) is 0 Å². The summed E-state index contributed by atoms with van der Waals surface area (Å²) in [5.41, 5.74) is 1.79. The van der Waals surface area contributed by atoms with E-state index in [1.54, 1.807) is 17.0 Å². The number of fused-ring (bicyclic) bond motifs is 2. The van der Waals surface area contributed by atoms with Crippen LogP contribution in [0.2, 0.25) is 5.02 Å². The maximum atomic E-state index is 12.9. The lowest BCUT2D eigenvalue weighted by atomic mass is 9.71. The molecule has 0 bridgehead atoms. The quantitative estimate of drug-likeness (QED) is 0.510. The van der Waals surface area contributed by atoms with E-state index in [1.807, 2.05) is 37.3 Å². The number of aliphatic hydroxyl groups is 1. The van der Waals surface area contributed by atoms with Gasteiger partial charge in [0.15, 0.2) is 6.61 Å². The number of halogens is 1. The first-order valence-electron chi connectivity index (χ1n) is 12.3. The van der Waals surface area contributed by atoms with Crippen molar-refractivity contribution in [3.05, 3.63) is 74.6 Å². The molecule has 2 atom stereocenters. The summed E-state index contributed by atoms with van der Waals surface area (Å²) in [5, 5.41) is 12.0. The zero-order valence-corrected chi connectivity index (χ0v) is 20.6. The number of nitrogens with zero attached hydrogens (tertiary/aromatic N) is 1. The molecule has 5 rings (SSSR count). The number of benzene rings is 2. The Kier molecular flexibility index (Phi) is 6.60. The molecule has 1 aliphatic carbocycles. The van der Waals surface area contributed by atoms with Gasteiger partial charge < -0.3 is 19.2 Å². The third-order valence-corrected chi connectivity index (χ3v) is 7.99. The smallest absolute Gasteiger partial charge is 0.340 e. The van der Waals surface area contributed by atoms with Crippen LogP contribution >= 0.6 is 11.6 Å². The van der Waals surface area contributed by atoms with Crippen molar-refractivity contribution >= 4 is 28.5 Å². The minimum absolute atomic E-state index is 0.125. The normalized spacial score (nSPS) is 22.1. The van der Waals surface area contributed by atoms with Gasteiger partial charge in [0.2, 0.25) is 0 Å². The maximum Gasteiger partial charge on any atom is 0.340 e. The molecule has 7 heteroatoms. The van der Waals surface area contributed by atoms with Gasteiger partial charge in [0, 0.05) is 42.4 Å². The van der Waals surface area contributed by atoms with Crippen LogP contribution in [0.15, 0.2) is 51.7 Å². The van der Waals surface area contributed by atoms with Gasteiger partial charge in [-0.3, -0.25) is 4.79 Å². The van der Waals surface area contributed by atoms with E-state index in [0.717, 1.165) is 42.2 Å². The molecule has 1 aromatic heterocycles. The van der Waals surface area contributed by atoms with Crippen molar-refractivity contribution in [2.45, 2.75) is 51.0 Å². The molecular formula is C28H30ClNO5. The van der Waals surface area contributed by atoms with Crippen molar-refractivity contribution in [2.24, 2.45) is 5.92 Å². The first kappa shape index (κ1) is 23.9. The molecule has 35 heavy (non-hydrogen) atoms. The van der Waals surface area contributed by atoms with Gasteiger partial charge >= 0.3 is 5.63 Å². The molecule has 184 valence electrons. The molecule has 0 radical (unpaired) electrons. The molecule has 2 aliphatic rings. The molecule has 1 saturated carbocycles. The van der Waals surface area contributed by atoms with Crippen LogP contribution in [0.25, 0.3) is 11.0 Å². The van der Waals surface area contributed by atoms with Gasteiger partial charge in [-0.1, -0.05) is 54.8 Å². The summed E-state index contributed by atoms with van der Waals surface area (Å²) in [6, 6.07) is 13.1. The lowest BCUT2D eigenvalue weighted by Gasteiger charge is -2.47. The summed E-state index contributed by atoms with van der Waals surface area (Å²) in [5.74, 6) is 0.294. The number of amides is 1. The van der Waals surface area contributed by atoms with Crippen LogP contribution in [-0.4, -0.2) is 41.2 Å². The van der Waals surface area contributed by atoms with Crippen molar-refractivity contribution in [1.82, 2.24) is 4.90 Å². The van der Waals surface area contributed by atoms with Crippen LogP contribution < -0.4 is 10.4 Å². The number of rotatable bonds is 5. The lowest BCUT2D eigenvalue weighted by molar-refractivity contribution is -0.145. The second-order valence-electron chi connectivity index (χ2n) is 9.86. The van der Waals surface area contributed by atoms with Crippen LogP contribution in [0, 0.1) is 12.8 Å². The molecular weight excluding hydrogens is 466 g/mol. The second kappa shape index (κ2) is 9.67. The topological polar surface area (TPSA) is 80.0 Å². The minimum Gasteiger partial charge on any atom is -0.482 e. The summed E-state index contributed by atoms with van der Waals surface area (Å²) in [4.78, 5) is 27.4. The van der Waals surface area contributed by atoms with Crippen LogP contribution in [-0.2, 0) is 11.2 Å². The summed E-state index contributed by atoms with van der Waals surface area (Å²) in [6.45, 7) is 2.81. The number of carbonyl (C=O) groups is 1. The molecule has 2 aromatic carbocycles. The first-order valence-corrected chi connectivity index (χ1v) is 12.6. The SMILES string of the molecule is Cc1c(Cc2ccccc2)c(=O)oc2cc(OCC(=O)N3CC[C@@]4(O)CCCC[C@@H]4C3)c(Cl)cc12. The minimum atomic E-state index is -0.633. The molecule has 2 heterocycles. The number of likely N-dealkylation sites (tertiary alicyclic amines) is 1. The number of carbonyl (C=O) groups excluding carboxylic acids is 1. The number of ether oxygens (including phenoxy) is 1. The third-order valence-electron chi connectivity index (χ3n) is 7.70. The Labute approximate surface area is 209 Å². The summed E-state index contributed by atoms with van der Waals surface area (Å²) in [7, 11) is 0. The van der Waals surface area contributed by atoms with E-state index in [1.165, 1.54) is 0 Å². The predicted octanol–water partition coefficient (Wildman–Crippen LogP) is 4.88. The molecule has 0 spiro atoms. The van der Waals surface area contributed by atoms with Gasteiger partial charge in [-0.15, -0.1) is 0 Å². The van der Waals surface area contributed by atoms with Crippen molar-refractivity contribution < 1.29 is 19.1 Å². The van der Waals surface area contributed by atoms with Gasteiger partial charge in [-0.05, 0) is 43.4 Å². The number of hydrogen-bond acceptors (Lipinski definition) is 5. The van der Waals surface area contributed by atoms with E-state index in [0.29, 0.717) is 47.8 Å². The fourth-order valence-electron chi connectivity index (χ4n) is 5.53. The molecule has 1 N–H and O–H groups in total. The van der Waals surface area contributed by atoms with Gasteiger partial charge in [0.25, 0.3) is 5.91 Å². The van der Waals surface area contributed by atoms with E-state index in [-0.39, 0.29) is 18.4 Å². The highest BCUT2D eigenvalue weighted by atomic mass is 35.5. The van der Waals surface area contributed by atoms with E-state index in [4.69, 9.17) is 20.8 Å². The summed E-state index contributed by atoms with van der Waals surface area (Å²) in [6.07, 6.45) is 4.99. The van der Waals surface area contributed by atoms with Crippen molar-refractivity contribution in [3.8, 4) is 5.75 Å². The fraction of sp³-hybridized carbons (Fsp3) is 0.429. The summed E-state index contributed by atoms with van der Waals surface area (Å²) < 4.78 is 11.4. The largest absolute Gasteiger partial charge is 0.482 e. The van der Waals surface area contributed by atoms with Crippen LogP contribution in [0.1, 0.15) is 48.8 Å². The highest BCUT2D eigenvalue weighted by Crippen LogP contribution is 2.40. The highest BCUT2D eigenvalue weighted by Gasteiger charge is 2.43. The second-order valence-corrected chi connectivity index (χ2v) is 10.3. The molecule has 2 fully saturated rings.